The molecular formula is C24H35NO6. The lowest BCUT2D eigenvalue weighted by atomic mass is 9.43. The van der Waals surface area contributed by atoms with E-state index in [1.807, 2.05) is 7.11 Å². The third-order valence-corrected chi connectivity index (χ3v) is 11.3. The van der Waals surface area contributed by atoms with Gasteiger partial charge in [0.1, 0.15) is 12.4 Å². The second kappa shape index (κ2) is 5.73. The predicted octanol–water partition coefficient (Wildman–Crippen LogP) is 1.22. The number of ketones is 1. The van der Waals surface area contributed by atoms with Crippen LogP contribution in [0.2, 0.25) is 0 Å². The summed E-state index contributed by atoms with van der Waals surface area (Å²) in [5.74, 6) is 0.270. The number of fused-ring (bicyclic) bond motifs is 1. The molecule has 0 unspecified atom stereocenters. The normalized spacial score (nSPS) is 63.5. The van der Waals surface area contributed by atoms with Crippen LogP contribution in [0.1, 0.15) is 39.5 Å². The minimum atomic E-state index is -1.04. The van der Waals surface area contributed by atoms with Crippen molar-refractivity contribution in [2.24, 2.45) is 34.5 Å². The fourth-order valence-corrected chi connectivity index (χ4v) is 10.8. The fraction of sp³-hybridized carbons (Fsp3) is 0.958. The highest BCUT2D eigenvalue weighted by molar-refractivity contribution is 5.98. The van der Waals surface area contributed by atoms with Crippen LogP contribution in [-0.2, 0) is 23.7 Å². The first-order valence-electron chi connectivity index (χ1n) is 12.2. The molecule has 172 valence electrons. The van der Waals surface area contributed by atoms with Gasteiger partial charge in [0.25, 0.3) is 0 Å². The van der Waals surface area contributed by atoms with Crippen molar-refractivity contribution < 1.29 is 28.8 Å². The van der Waals surface area contributed by atoms with Crippen LogP contribution in [0.4, 0.5) is 0 Å². The Kier molecular flexibility index (Phi) is 3.67. The zero-order valence-corrected chi connectivity index (χ0v) is 19.0. The zero-order valence-electron chi connectivity index (χ0n) is 19.0. The van der Waals surface area contributed by atoms with E-state index in [0.717, 1.165) is 32.4 Å². The van der Waals surface area contributed by atoms with E-state index < -0.39 is 17.3 Å². The van der Waals surface area contributed by atoms with Crippen molar-refractivity contribution >= 4 is 5.78 Å². The lowest BCUT2D eigenvalue weighted by molar-refractivity contribution is -0.279. The third kappa shape index (κ3) is 1.69. The van der Waals surface area contributed by atoms with Crippen molar-refractivity contribution in [2.75, 3.05) is 34.1 Å². The maximum absolute atomic E-state index is 14.7. The Morgan fingerprint density at radius 2 is 2.06 bits per heavy atom. The highest BCUT2D eigenvalue weighted by Crippen LogP contribution is 2.81. The molecule has 2 heterocycles. The topological polar surface area (TPSA) is 77.5 Å². The first-order chi connectivity index (χ1) is 14.9. The summed E-state index contributed by atoms with van der Waals surface area (Å²) >= 11 is 0. The molecule has 5 saturated carbocycles. The number of methoxy groups -OCH3 is 2. The van der Waals surface area contributed by atoms with Gasteiger partial charge in [-0.15, -0.1) is 0 Å². The number of Topliss-reactive ketones (excluding diaryl/α,β-unsaturated/α-hetero) is 1. The maximum atomic E-state index is 14.7. The number of hydrogen-bond acceptors (Lipinski definition) is 7. The summed E-state index contributed by atoms with van der Waals surface area (Å²) in [5.41, 5.74) is -2.29. The zero-order chi connectivity index (χ0) is 21.6. The molecule has 2 saturated heterocycles. The van der Waals surface area contributed by atoms with Crippen LogP contribution >= 0.6 is 0 Å². The summed E-state index contributed by atoms with van der Waals surface area (Å²) < 4.78 is 25.3. The Hall–Kier alpha value is -0.570. The van der Waals surface area contributed by atoms with Crippen LogP contribution in [0, 0.1) is 34.5 Å². The summed E-state index contributed by atoms with van der Waals surface area (Å²) in [5, 5.41) is 11.6. The molecule has 0 aromatic heterocycles. The molecule has 7 nitrogen and oxygen atoms in total. The molecule has 0 amide bonds. The van der Waals surface area contributed by atoms with Gasteiger partial charge >= 0.3 is 0 Å². The fourth-order valence-electron chi connectivity index (χ4n) is 10.8. The van der Waals surface area contributed by atoms with Gasteiger partial charge in [-0.3, -0.25) is 9.69 Å². The highest BCUT2D eigenvalue weighted by Gasteiger charge is 2.93. The summed E-state index contributed by atoms with van der Waals surface area (Å²) in [4.78, 5) is 17.2. The quantitative estimate of drug-likeness (QED) is 0.717. The molecule has 1 N–H and O–H groups in total. The standard InChI is InChI=1S/C24H35NO6/c1-5-25-10-21(2)7-6-15(29-4)23-13-8-12-14(28-3)9-22(16(13)17(12)26)24(20(23)25,31-11-30-22)19(27)18(21)23/h12-18,20,26H,5-11H2,1-4H3/t12-,13-,14+,15+,16-,17+,18-,20-,21+,22-,23+,24+/m1/s1. The summed E-state index contributed by atoms with van der Waals surface area (Å²) in [6, 6.07) is -0.0638. The van der Waals surface area contributed by atoms with Gasteiger partial charge in [-0.05, 0) is 37.1 Å². The van der Waals surface area contributed by atoms with E-state index in [2.05, 4.69) is 18.7 Å². The minimum Gasteiger partial charge on any atom is -0.392 e. The molecule has 12 atom stereocenters. The number of piperidine rings is 1. The van der Waals surface area contributed by atoms with Gasteiger partial charge in [0.2, 0.25) is 0 Å². The number of aliphatic hydroxyl groups is 1. The molecule has 31 heavy (non-hydrogen) atoms. The van der Waals surface area contributed by atoms with Crippen molar-refractivity contribution in [2.45, 2.75) is 75.1 Å². The summed E-state index contributed by atoms with van der Waals surface area (Å²) in [7, 11) is 3.54. The number of likely N-dealkylation sites (tertiary alicyclic amines) is 1. The number of nitrogens with zero attached hydrogens (tertiary/aromatic N) is 1. The average molecular weight is 434 g/mol. The first-order valence-corrected chi connectivity index (χ1v) is 12.2. The van der Waals surface area contributed by atoms with Crippen LogP contribution in [0.5, 0.6) is 0 Å². The molecule has 7 fully saturated rings. The number of ether oxygens (including phenoxy) is 4. The molecule has 0 aromatic carbocycles. The Balaban J connectivity index is 1.58. The van der Waals surface area contributed by atoms with Gasteiger partial charge in [-0.2, -0.15) is 0 Å². The van der Waals surface area contributed by atoms with Gasteiger partial charge in [0, 0.05) is 50.4 Å². The van der Waals surface area contributed by atoms with Crippen LogP contribution in [0.15, 0.2) is 0 Å². The lowest BCUT2D eigenvalue weighted by Gasteiger charge is -2.69. The number of hydrogen-bond donors (Lipinski definition) is 1. The second-order valence-electron chi connectivity index (χ2n) is 11.7. The monoisotopic (exact) mass is 433 g/mol. The smallest absolute Gasteiger partial charge is 0.174 e. The van der Waals surface area contributed by atoms with Gasteiger partial charge < -0.3 is 24.1 Å². The third-order valence-electron chi connectivity index (χ3n) is 11.3. The van der Waals surface area contributed by atoms with E-state index in [1.54, 1.807) is 7.11 Å². The highest BCUT2D eigenvalue weighted by atomic mass is 16.7. The molecular weight excluding hydrogens is 398 g/mol. The van der Waals surface area contributed by atoms with E-state index in [1.165, 1.54) is 0 Å². The number of likely N-dealkylation sites (N-methyl/N-ethyl adjacent to an activating group) is 1. The van der Waals surface area contributed by atoms with E-state index in [-0.39, 0.29) is 65.3 Å². The molecule has 7 aliphatic rings. The summed E-state index contributed by atoms with van der Waals surface area (Å²) in [6.45, 7) is 6.43. The van der Waals surface area contributed by atoms with E-state index in [0.29, 0.717) is 6.42 Å². The van der Waals surface area contributed by atoms with Crippen molar-refractivity contribution in [3.63, 3.8) is 0 Å². The van der Waals surface area contributed by atoms with Gasteiger partial charge in [0.05, 0.1) is 24.4 Å². The van der Waals surface area contributed by atoms with Crippen LogP contribution in [0.25, 0.3) is 0 Å². The molecule has 2 aliphatic heterocycles. The van der Waals surface area contributed by atoms with Gasteiger partial charge in [0.15, 0.2) is 11.4 Å². The Labute approximate surface area is 183 Å². The molecule has 0 aromatic rings. The van der Waals surface area contributed by atoms with Crippen LogP contribution in [0.3, 0.4) is 0 Å². The van der Waals surface area contributed by atoms with Crippen LogP contribution in [-0.4, -0.2) is 85.4 Å². The Morgan fingerprint density at radius 3 is 2.77 bits per heavy atom. The first kappa shape index (κ1) is 19.9. The SMILES string of the molecule is CCN1C[C@]2(C)CC[C@H](OC)[C@@]34[C@@H]5C[C@H]6[C@H](O)[C@@H]5[C@@]5(C[C@@H]6OC)OCO[C@@]5(C(=O)[C@H]23)[C@H]14. The van der Waals surface area contributed by atoms with Crippen molar-refractivity contribution in [1.82, 2.24) is 4.90 Å². The molecule has 7 heteroatoms. The minimum absolute atomic E-state index is 0.00649. The maximum Gasteiger partial charge on any atom is 0.174 e. The number of aliphatic hydroxyl groups excluding tert-OH is 1. The van der Waals surface area contributed by atoms with E-state index >= 15 is 0 Å². The molecule has 7 bridgehead atoms. The number of rotatable bonds is 3. The number of carbonyl (C=O) groups is 1. The average Bonchev–Trinajstić information content (AvgIpc) is 3.30. The second-order valence-corrected chi connectivity index (χ2v) is 11.7. The largest absolute Gasteiger partial charge is 0.392 e. The van der Waals surface area contributed by atoms with Crippen molar-refractivity contribution in [3.8, 4) is 0 Å². The predicted molar refractivity (Wildman–Crippen MR) is 109 cm³/mol. The molecule has 7 rings (SSSR count). The van der Waals surface area contributed by atoms with Crippen LogP contribution < -0.4 is 0 Å². The Bertz CT molecular complexity index is 852. The van der Waals surface area contributed by atoms with Gasteiger partial charge in [-0.1, -0.05) is 13.8 Å². The summed E-state index contributed by atoms with van der Waals surface area (Å²) in [6.07, 6.45) is 2.79. The molecule has 3 spiro atoms. The molecule has 0 radical (unpaired) electrons. The van der Waals surface area contributed by atoms with Gasteiger partial charge in [-0.25, -0.2) is 0 Å². The lowest BCUT2D eigenvalue weighted by Crippen LogP contribution is -2.80. The van der Waals surface area contributed by atoms with E-state index in [4.69, 9.17) is 18.9 Å². The van der Waals surface area contributed by atoms with E-state index in [9.17, 15) is 9.90 Å². The Morgan fingerprint density at radius 1 is 1.26 bits per heavy atom. The van der Waals surface area contributed by atoms with Crippen molar-refractivity contribution in [3.05, 3.63) is 0 Å². The van der Waals surface area contributed by atoms with Crippen molar-refractivity contribution in [1.29, 1.82) is 0 Å². The molecule has 5 aliphatic carbocycles. The number of carbonyl (C=O) groups excluding carboxylic acids is 1.